The standard InChI is InChI=1S/C16H14N2O4/c19-16(20)12-2-4-13(5-3-12)18-17-10-11-1-6-14-15(9-11)22-8-7-21-14/h1-6,9-10,18H,7-8H2,(H,19,20). The lowest BCUT2D eigenvalue weighted by Crippen LogP contribution is -2.15. The van der Waals surface area contributed by atoms with Gasteiger partial charge in [-0.15, -0.1) is 0 Å². The molecule has 2 aromatic carbocycles. The van der Waals surface area contributed by atoms with E-state index < -0.39 is 5.97 Å². The van der Waals surface area contributed by atoms with Crippen LogP contribution in [-0.2, 0) is 0 Å². The average molecular weight is 298 g/mol. The molecule has 112 valence electrons. The quantitative estimate of drug-likeness (QED) is 0.670. The molecule has 0 fully saturated rings. The van der Waals surface area contributed by atoms with Gasteiger partial charge in [-0.1, -0.05) is 0 Å². The summed E-state index contributed by atoms with van der Waals surface area (Å²) in [5.41, 5.74) is 4.66. The molecule has 1 heterocycles. The topological polar surface area (TPSA) is 80.2 Å². The zero-order valence-electron chi connectivity index (χ0n) is 11.7. The molecule has 0 aromatic heterocycles. The number of carboxylic acid groups (broad SMARTS) is 1. The third-order valence-electron chi connectivity index (χ3n) is 3.11. The van der Waals surface area contributed by atoms with E-state index in [0.717, 1.165) is 11.3 Å². The molecule has 6 heteroatoms. The minimum atomic E-state index is -0.952. The molecular weight excluding hydrogens is 284 g/mol. The summed E-state index contributed by atoms with van der Waals surface area (Å²) in [5.74, 6) is 0.493. The van der Waals surface area contributed by atoms with Crippen molar-refractivity contribution in [1.29, 1.82) is 0 Å². The van der Waals surface area contributed by atoms with Gasteiger partial charge in [-0.2, -0.15) is 5.10 Å². The van der Waals surface area contributed by atoms with Gasteiger partial charge in [0.1, 0.15) is 13.2 Å². The third-order valence-corrected chi connectivity index (χ3v) is 3.11. The van der Waals surface area contributed by atoms with E-state index in [1.54, 1.807) is 18.3 Å². The van der Waals surface area contributed by atoms with E-state index in [0.29, 0.717) is 24.7 Å². The summed E-state index contributed by atoms with van der Waals surface area (Å²) < 4.78 is 11.0. The Morgan fingerprint density at radius 2 is 1.82 bits per heavy atom. The van der Waals surface area contributed by atoms with Crippen molar-refractivity contribution in [3.63, 3.8) is 0 Å². The van der Waals surface area contributed by atoms with Crippen molar-refractivity contribution in [3.05, 3.63) is 53.6 Å². The summed E-state index contributed by atoms with van der Waals surface area (Å²) in [4.78, 5) is 10.8. The van der Waals surface area contributed by atoms with Crippen LogP contribution in [0.5, 0.6) is 11.5 Å². The first kappa shape index (κ1) is 13.9. The Bertz CT molecular complexity index is 711. The molecule has 1 aliphatic heterocycles. The zero-order chi connectivity index (χ0) is 15.4. The van der Waals surface area contributed by atoms with Crippen LogP contribution in [0.3, 0.4) is 0 Å². The highest BCUT2D eigenvalue weighted by molar-refractivity contribution is 5.88. The van der Waals surface area contributed by atoms with Crippen LogP contribution in [0.25, 0.3) is 0 Å². The molecule has 1 aliphatic rings. The second-order valence-electron chi connectivity index (χ2n) is 4.66. The number of carbonyl (C=O) groups is 1. The zero-order valence-corrected chi connectivity index (χ0v) is 11.7. The van der Waals surface area contributed by atoms with Crippen LogP contribution < -0.4 is 14.9 Å². The number of rotatable bonds is 4. The second-order valence-corrected chi connectivity index (χ2v) is 4.66. The maximum atomic E-state index is 10.8. The number of aromatic carboxylic acids is 1. The number of nitrogens with one attached hydrogen (secondary N) is 1. The smallest absolute Gasteiger partial charge is 0.335 e. The van der Waals surface area contributed by atoms with Crippen molar-refractivity contribution < 1.29 is 19.4 Å². The second kappa shape index (κ2) is 6.17. The van der Waals surface area contributed by atoms with E-state index in [-0.39, 0.29) is 5.56 Å². The molecule has 0 radical (unpaired) electrons. The van der Waals surface area contributed by atoms with Crippen molar-refractivity contribution in [2.24, 2.45) is 5.10 Å². The Labute approximate surface area is 127 Å². The van der Waals surface area contributed by atoms with Crippen molar-refractivity contribution in [3.8, 4) is 11.5 Å². The van der Waals surface area contributed by atoms with Crippen molar-refractivity contribution >= 4 is 17.9 Å². The van der Waals surface area contributed by atoms with Crippen molar-refractivity contribution in [2.45, 2.75) is 0 Å². The summed E-state index contributed by atoms with van der Waals surface area (Å²) in [6.45, 7) is 1.11. The lowest BCUT2D eigenvalue weighted by molar-refractivity contribution is 0.0697. The van der Waals surface area contributed by atoms with Gasteiger partial charge in [0, 0.05) is 0 Å². The Kier molecular flexibility index (Phi) is 3.91. The van der Waals surface area contributed by atoms with E-state index in [4.69, 9.17) is 14.6 Å². The highest BCUT2D eigenvalue weighted by atomic mass is 16.6. The minimum Gasteiger partial charge on any atom is -0.486 e. The van der Waals surface area contributed by atoms with E-state index in [9.17, 15) is 4.79 Å². The number of hydrogen-bond donors (Lipinski definition) is 2. The fourth-order valence-electron chi connectivity index (χ4n) is 2.01. The van der Waals surface area contributed by atoms with E-state index in [2.05, 4.69) is 10.5 Å². The van der Waals surface area contributed by atoms with Crippen molar-refractivity contribution in [2.75, 3.05) is 18.6 Å². The molecule has 0 saturated heterocycles. The fraction of sp³-hybridized carbons (Fsp3) is 0.125. The van der Waals surface area contributed by atoms with Gasteiger partial charge in [-0.05, 0) is 48.0 Å². The number of benzene rings is 2. The lowest BCUT2D eigenvalue weighted by Gasteiger charge is -2.18. The number of nitrogens with zero attached hydrogens (tertiary/aromatic N) is 1. The van der Waals surface area contributed by atoms with Gasteiger partial charge in [0.25, 0.3) is 0 Å². The predicted molar refractivity (Wildman–Crippen MR) is 82.1 cm³/mol. The lowest BCUT2D eigenvalue weighted by atomic mass is 10.2. The normalized spacial score (nSPS) is 13.1. The molecule has 0 saturated carbocycles. The Hall–Kier alpha value is -3.02. The predicted octanol–water partition coefficient (Wildman–Crippen LogP) is 2.60. The van der Waals surface area contributed by atoms with Gasteiger partial charge in [-0.3, -0.25) is 5.43 Å². The first-order valence-electron chi connectivity index (χ1n) is 6.74. The van der Waals surface area contributed by atoms with Gasteiger partial charge in [0.15, 0.2) is 11.5 Å². The summed E-state index contributed by atoms with van der Waals surface area (Å²) in [6, 6.07) is 11.9. The van der Waals surface area contributed by atoms with Crippen LogP contribution in [0, 0.1) is 0 Å². The Balaban J connectivity index is 1.65. The van der Waals surface area contributed by atoms with Crippen molar-refractivity contribution in [1.82, 2.24) is 0 Å². The molecule has 0 aliphatic carbocycles. The van der Waals surface area contributed by atoms with E-state index in [1.807, 2.05) is 18.2 Å². The van der Waals surface area contributed by atoms with Crippen LogP contribution in [0.15, 0.2) is 47.6 Å². The number of hydrogen-bond acceptors (Lipinski definition) is 5. The molecular formula is C16H14N2O4. The minimum absolute atomic E-state index is 0.237. The highest BCUT2D eigenvalue weighted by Gasteiger charge is 2.10. The molecule has 3 rings (SSSR count). The van der Waals surface area contributed by atoms with Gasteiger partial charge in [-0.25, -0.2) is 4.79 Å². The van der Waals surface area contributed by atoms with Gasteiger partial charge in [0.05, 0.1) is 17.5 Å². The number of ether oxygens (including phenoxy) is 2. The van der Waals surface area contributed by atoms with Gasteiger partial charge < -0.3 is 14.6 Å². The molecule has 0 spiro atoms. The number of hydrazone groups is 1. The summed E-state index contributed by atoms with van der Waals surface area (Å²) in [5, 5.41) is 12.9. The molecule has 6 nitrogen and oxygen atoms in total. The Morgan fingerprint density at radius 1 is 1.09 bits per heavy atom. The maximum absolute atomic E-state index is 10.8. The summed E-state index contributed by atoms with van der Waals surface area (Å²) in [7, 11) is 0. The summed E-state index contributed by atoms with van der Waals surface area (Å²) >= 11 is 0. The van der Waals surface area contributed by atoms with E-state index in [1.165, 1.54) is 12.1 Å². The SMILES string of the molecule is O=C(O)c1ccc(NN=Cc2ccc3c(c2)OCCO3)cc1. The van der Waals surface area contributed by atoms with Crippen LogP contribution in [0.2, 0.25) is 0 Å². The maximum Gasteiger partial charge on any atom is 0.335 e. The highest BCUT2D eigenvalue weighted by Crippen LogP contribution is 2.30. The fourth-order valence-corrected chi connectivity index (χ4v) is 2.01. The molecule has 2 N–H and O–H groups in total. The molecule has 0 atom stereocenters. The monoisotopic (exact) mass is 298 g/mol. The molecule has 0 bridgehead atoms. The average Bonchev–Trinajstić information content (AvgIpc) is 2.55. The first-order chi connectivity index (χ1) is 10.7. The molecule has 22 heavy (non-hydrogen) atoms. The van der Waals surface area contributed by atoms with Crippen LogP contribution in [0.4, 0.5) is 5.69 Å². The molecule has 0 amide bonds. The van der Waals surface area contributed by atoms with E-state index >= 15 is 0 Å². The molecule has 0 unspecified atom stereocenters. The largest absolute Gasteiger partial charge is 0.486 e. The number of anilines is 1. The van der Waals surface area contributed by atoms with Crippen LogP contribution in [-0.4, -0.2) is 30.5 Å². The molecule has 2 aromatic rings. The van der Waals surface area contributed by atoms with Gasteiger partial charge in [0.2, 0.25) is 0 Å². The summed E-state index contributed by atoms with van der Waals surface area (Å²) in [6.07, 6.45) is 1.66. The number of fused-ring (bicyclic) bond motifs is 1. The van der Waals surface area contributed by atoms with Crippen LogP contribution >= 0.6 is 0 Å². The first-order valence-corrected chi connectivity index (χ1v) is 6.74. The third kappa shape index (κ3) is 3.17. The van der Waals surface area contributed by atoms with Gasteiger partial charge >= 0.3 is 5.97 Å². The Morgan fingerprint density at radius 3 is 2.55 bits per heavy atom. The number of carboxylic acids is 1. The van der Waals surface area contributed by atoms with Crippen LogP contribution in [0.1, 0.15) is 15.9 Å².